The van der Waals surface area contributed by atoms with Gasteiger partial charge in [-0.2, -0.15) is 0 Å². The third-order valence-electron chi connectivity index (χ3n) is 5.29. The van der Waals surface area contributed by atoms with Gasteiger partial charge in [-0.25, -0.2) is 18.0 Å². The molecule has 3 rings (SSSR count). The number of esters is 1. The Morgan fingerprint density at radius 1 is 0.971 bits per heavy atom. The molecule has 188 valence electrons. The molecule has 0 heterocycles. The maximum absolute atomic E-state index is 12.6. The zero-order valence-electron chi connectivity index (χ0n) is 20.2. The Morgan fingerprint density at radius 3 is 2.03 bits per heavy atom. The van der Waals surface area contributed by atoms with E-state index in [1.165, 1.54) is 0 Å². The first-order valence-corrected chi connectivity index (χ1v) is 13.1. The Kier molecular flexibility index (Phi) is 7.84. The van der Waals surface area contributed by atoms with Gasteiger partial charge in [-0.3, -0.25) is 9.52 Å². The fourth-order valence-electron chi connectivity index (χ4n) is 3.94. The zero-order valence-corrected chi connectivity index (χ0v) is 21.0. The van der Waals surface area contributed by atoms with Crippen molar-refractivity contribution in [2.75, 3.05) is 12.9 Å². The van der Waals surface area contributed by atoms with Crippen LogP contribution in [0.3, 0.4) is 0 Å². The van der Waals surface area contributed by atoms with Gasteiger partial charge in [-0.15, -0.1) is 0 Å². The summed E-state index contributed by atoms with van der Waals surface area (Å²) in [6.07, 6.45) is -0.474. The Balaban J connectivity index is 1.67. The van der Waals surface area contributed by atoms with E-state index in [1.807, 2.05) is 53.3 Å². The van der Waals surface area contributed by atoms with Crippen LogP contribution in [0.1, 0.15) is 50.7 Å². The first kappa shape index (κ1) is 26.2. The van der Waals surface area contributed by atoms with E-state index in [0.717, 1.165) is 28.5 Å². The molecule has 0 bridgehead atoms. The smallest absolute Gasteiger partial charge is 0.407 e. The maximum Gasteiger partial charge on any atom is 0.407 e. The van der Waals surface area contributed by atoms with Crippen molar-refractivity contribution in [3.05, 3.63) is 59.7 Å². The summed E-state index contributed by atoms with van der Waals surface area (Å²) in [7, 11) is -3.74. The monoisotopic (exact) mass is 502 g/mol. The van der Waals surface area contributed by atoms with Crippen LogP contribution in [0, 0.1) is 0 Å². The summed E-state index contributed by atoms with van der Waals surface area (Å²) in [6.45, 7) is 5.07. The number of carbonyl (C=O) groups is 3. The van der Waals surface area contributed by atoms with Crippen LogP contribution in [0.4, 0.5) is 4.79 Å². The number of alkyl carbamates (subject to hydrolysis) is 1. The van der Waals surface area contributed by atoms with Crippen LogP contribution < -0.4 is 10.0 Å². The fraction of sp³-hybridized carbons (Fsp3) is 0.400. The quantitative estimate of drug-likeness (QED) is 0.531. The van der Waals surface area contributed by atoms with Gasteiger partial charge >= 0.3 is 12.1 Å². The summed E-state index contributed by atoms with van der Waals surface area (Å²) in [4.78, 5) is 37.2. The van der Waals surface area contributed by atoms with Crippen molar-refractivity contribution in [2.45, 2.75) is 51.2 Å². The van der Waals surface area contributed by atoms with Gasteiger partial charge in [0.25, 0.3) is 0 Å². The molecule has 1 atom stereocenters. The highest BCUT2D eigenvalue weighted by Gasteiger charge is 2.31. The summed E-state index contributed by atoms with van der Waals surface area (Å²) >= 11 is 0. The number of hydrogen-bond acceptors (Lipinski definition) is 7. The second kappa shape index (κ2) is 10.5. The molecule has 0 spiro atoms. The maximum atomic E-state index is 12.6. The minimum Gasteiger partial charge on any atom is -0.458 e. The molecule has 0 fully saturated rings. The van der Waals surface area contributed by atoms with Crippen LogP contribution >= 0.6 is 0 Å². The zero-order chi connectivity index (χ0) is 25.8. The van der Waals surface area contributed by atoms with Crippen molar-refractivity contribution in [1.82, 2.24) is 10.0 Å². The molecule has 2 amide bonds. The van der Waals surface area contributed by atoms with Crippen LogP contribution in [0.15, 0.2) is 48.5 Å². The number of carbonyl (C=O) groups excluding carboxylic acids is 3. The highest BCUT2D eigenvalue weighted by Crippen LogP contribution is 2.44. The molecular weight excluding hydrogens is 472 g/mol. The number of hydrogen-bond donors (Lipinski definition) is 2. The molecule has 0 saturated heterocycles. The number of sulfonamides is 1. The van der Waals surface area contributed by atoms with E-state index in [2.05, 4.69) is 5.32 Å². The van der Waals surface area contributed by atoms with Gasteiger partial charge in [0, 0.05) is 12.3 Å². The molecule has 0 radical (unpaired) electrons. The minimum atomic E-state index is -3.74. The summed E-state index contributed by atoms with van der Waals surface area (Å²) < 4.78 is 35.2. The molecule has 9 nitrogen and oxygen atoms in total. The average Bonchev–Trinajstić information content (AvgIpc) is 3.06. The van der Waals surface area contributed by atoms with E-state index in [1.54, 1.807) is 20.8 Å². The van der Waals surface area contributed by atoms with Crippen molar-refractivity contribution < 1.29 is 32.3 Å². The number of nitrogens with one attached hydrogen (secondary N) is 2. The SMILES string of the molecule is CC(C)(C)OC(=O)[C@H](CCC(=O)NS(C)(=O)=O)NC(=O)OCC1c2ccccc2-c2ccccc21. The standard InChI is InChI=1S/C25H30N2O7S/c1-25(2,3)34-23(29)21(13-14-22(28)27-35(4,31)32)26-24(30)33-15-20-18-11-7-5-9-16(18)17-10-6-8-12-19(17)20/h5-12,20-21H,13-15H2,1-4H3,(H,26,30)(H,27,28)/t21-/m0/s1. The van der Waals surface area contributed by atoms with Crippen LogP contribution in [-0.4, -0.2) is 50.9 Å². The molecule has 2 aromatic carbocycles. The van der Waals surface area contributed by atoms with Crippen molar-refractivity contribution in [1.29, 1.82) is 0 Å². The lowest BCUT2D eigenvalue weighted by Crippen LogP contribution is -2.45. The second-order valence-corrected chi connectivity index (χ2v) is 11.1. The lowest BCUT2D eigenvalue weighted by molar-refractivity contribution is -0.157. The molecule has 2 aromatic rings. The minimum absolute atomic E-state index is 0.0511. The number of benzene rings is 2. The van der Waals surface area contributed by atoms with Crippen LogP contribution in [0.5, 0.6) is 0 Å². The van der Waals surface area contributed by atoms with E-state index < -0.39 is 39.6 Å². The molecule has 10 heteroatoms. The highest BCUT2D eigenvalue weighted by molar-refractivity contribution is 7.89. The van der Waals surface area contributed by atoms with Gasteiger partial charge in [0.15, 0.2) is 0 Å². The van der Waals surface area contributed by atoms with E-state index in [9.17, 15) is 22.8 Å². The first-order valence-electron chi connectivity index (χ1n) is 11.2. The van der Waals surface area contributed by atoms with Crippen molar-refractivity contribution in [2.24, 2.45) is 0 Å². The largest absolute Gasteiger partial charge is 0.458 e. The lowest BCUT2D eigenvalue weighted by atomic mass is 9.98. The van der Waals surface area contributed by atoms with Crippen LogP contribution in [0.2, 0.25) is 0 Å². The topological polar surface area (TPSA) is 128 Å². The van der Waals surface area contributed by atoms with Gasteiger partial charge < -0.3 is 14.8 Å². The lowest BCUT2D eigenvalue weighted by Gasteiger charge is -2.24. The molecular formula is C25H30N2O7S. The Morgan fingerprint density at radius 2 is 1.51 bits per heavy atom. The Labute approximate surface area is 205 Å². The number of ether oxygens (including phenoxy) is 2. The Bertz CT molecular complexity index is 1170. The predicted molar refractivity (Wildman–Crippen MR) is 130 cm³/mol. The van der Waals surface area contributed by atoms with Crippen molar-refractivity contribution in [3.63, 3.8) is 0 Å². The Hall–Kier alpha value is -3.40. The van der Waals surface area contributed by atoms with E-state index in [-0.39, 0.29) is 25.4 Å². The average molecular weight is 503 g/mol. The van der Waals surface area contributed by atoms with Crippen molar-refractivity contribution >= 4 is 28.0 Å². The number of fused-ring (bicyclic) bond motifs is 3. The summed E-state index contributed by atoms with van der Waals surface area (Å²) in [6, 6.07) is 14.6. The van der Waals surface area contributed by atoms with Crippen LogP contribution in [-0.2, 0) is 29.1 Å². The number of amides is 2. The summed E-state index contributed by atoms with van der Waals surface area (Å²) in [5, 5.41) is 2.46. The molecule has 1 aliphatic rings. The first-order chi connectivity index (χ1) is 16.3. The molecule has 0 saturated carbocycles. The normalized spacial score (nSPS) is 13.8. The molecule has 1 aliphatic carbocycles. The van der Waals surface area contributed by atoms with E-state index in [0.29, 0.717) is 0 Å². The fourth-order valence-corrected chi connectivity index (χ4v) is 4.45. The van der Waals surface area contributed by atoms with Gasteiger partial charge in [0.05, 0.1) is 6.26 Å². The molecule has 35 heavy (non-hydrogen) atoms. The van der Waals surface area contributed by atoms with Gasteiger partial charge in [-0.05, 0) is 49.4 Å². The van der Waals surface area contributed by atoms with Gasteiger partial charge in [0.2, 0.25) is 15.9 Å². The van der Waals surface area contributed by atoms with E-state index >= 15 is 0 Å². The van der Waals surface area contributed by atoms with Gasteiger partial charge in [-0.1, -0.05) is 48.5 Å². The van der Waals surface area contributed by atoms with Crippen LogP contribution in [0.25, 0.3) is 11.1 Å². The third-order valence-corrected chi connectivity index (χ3v) is 5.88. The molecule has 0 unspecified atom stereocenters. The highest BCUT2D eigenvalue weighted by atomic mass is 32.2. The molecule has 0 aromatic heterocycles. The van der Waals surface area contributed by atoms with Gasteiger partial charge in [0.1, 0.15) is 18.2 Å². The summed E-state index contributed by atoms with van der Waals surface area (Å²) in [5.74, 6) is -1.71. The number of rotatable bonds is 8. The van der Waals surface area contributed by atoms with E-state index in [4.69, 9.17) is 9.47 Å². The molecule has 2 N–H and O–H groups in total. The molecule has 0 aliphatic heterocycles. The third kappa shape index (κ3) is 7.29. The predicted octanol–water partition coefficient (Wildman–Crippen LogP) is 3.09. The van der Waals surface area contributed by atoms with Crippen molar-refractivity contribution in [3.8, 4) is 11.1 Å². The summed E-state index contributed by atoms with van der Waals surface area (Å²) in [5.41, 5.74) is 3.43. The second-order valence-electron chi connectivity index (χ2n) is 9.39.